The van der Waals surface area contributed by atoms with Gasteiger partial charge in [-0.3, -0.25) is 0 Å². The van der Waals surface area contributed by atoms with Crippen molar-refractivity contribution < 1.29 is 14.9 Å². The second kappa shape index (κ2) is 6.76. The molecule has 1 unspecified atom stereocenters. The molecule has 1 saturated carbocycles. The molecule has 2 aromatic rings. The maximum absolute atomic E-state index is 10.5. The second-order valence-corrected chi connectivity index (χ2v) is 8.40. The summed E-state index contributed by atoms with van der Waals surface area (Å²) in [5.41, 5.74) is -0.121. The van der Waals surface area contributed by atoms with Crippen LogP contribution in [0.15, 0.2) is 65.6 Å². The van der Waals surface area contributed by atoms with Gasteiger partial charge >= 0.3 is 0 Å². The molecule has 132 valence electrons. The van der Waals surface area contributed by atoms with Crippen LogP contribution in [0.2, 0.25) is 0 Å². The molecule has 2 bridgehead atoms. The molecule has 3 nitrogen and oxygen atoms in total. The van der Waals surface area contributed by atoms with E-state index in [0.717, 1.165) is 30.6 Å². The molecule has 1 aliphatic carbocycles. The van der Waals surface area contributed by atoms with Gasteiger partial charge in [0.05, 0.1) is 5.60 Å². The average Bonchev–Trinajstić information content (AvgIpc) is 2.66. The Hall–Kier alpha value is -1.33. The Labute approximate surface area is 153 Å². The predicted octanol–water partition coefficient (Wildman–Crippen LogP) is 4.56. The molecule has 0 amide bonds. The number of benzene rings is 2. The van der Waals surface area contributed by atoms with E-state index in [9.17, 15) is 5.11 Å². The molecule has 2 aliphatic rings. The Morgan fingerprint density at radius 2 is 1.76 bits per heavy atom. The topological polar surface area (TPSA) is 38.7 Å². The van der Waals surface area contributed by atoms with Crippen LogP contribution in [-0.2, 0) is 15.4 Å². The van der Waals surface area contributed by atoms with Crippen molar-refractivity contribution in [2.24, 2.45) is 5.92 Å². The summed E-state index contributed by atoms with van der Waals surface area (Å²) in [6.07, 6.45) is 2.27. The Morgan fingerprint density at radius 1 is 1.08 bits per heavy atom. The lowest BCUT2D eigenvalue weighted by molar-refractivity contribution is -0.450. The fraction of sp³-hybridized carbons (Fsp3) is 0.429. The summed E-state index contributed by atoms with van der Waals surface area (Å²) in [4.78, 5) is 13.1. The molecule has 4 heteroatoms. The molecular weight excluding hydrogens is 332 g/mol. The minimum absolute atomic E-state index is 0.246. The summed E-state index contributed by atoms with van der Waals surface area (Å²) in [6.45, 7) is 1.85. The van der Waals surface area contributed by atoms with Gasteiger partial charge in [-0.1, -0.05) is 48.5 Å². The summed E-state index contributed by atoms with van der Waals surface area (Å²) in [7, 11) is 0. The van der Waals surface area contributed by atoms with Gasteiger partial charge in [-0.05, 0) is 49.8 Å². The Balaban J connectivity index is 1.64. The first kappa shape index (κ1) is 17.1. The van der Waals surface area contributed by atoms with E-state index < -0.39 is 11.2 Å². The van der Waals surface area contributed by atoms with Crippen molar-refractivity contribution in [3.05, 3.63) is 66.2 Å². The molecule has 4 atom stereocenters. The van der Waals surface area contributed by atoms with Gasteiger partial charge in [0, 0.05) is 10.6 Å². The third-order valence-electron chi connectivity index (χ3n) is 5.62. The SMILES string of the molecule is C[C@@]1(O)CC[C@@H]2C[C@H]1OOC2(CSc1ccccc1)c1ccccc1. The van der Waals surface area contributed by atoms with E-state index >= 15 is 0 Å². The maximum Gasteiger partial charge on any atom is 0.141 e. The Morgan fingerprint density at radius 3 is 2.48 bits per heavy atom. The smallest absolute Gasteiger partial charge is 0.141 e. The van der Waals surface area contributed by atoms with Crippen LogP contribution in [0.1, 0.15) is 31.7 Å². The predicted molar refractivity (Wildman–Crippen MR) is 99.2 cm³/mol. The lowest BCUT2D eigenvalue weighted by Crippen LogP contribution is -2.57. The molecular formula is C21H24O3S. The monoisotopic (exact) mass is 356 g/mol. The van der Waals surface area contributed by atoms with Gasteiger partial charge in [0.2, 0.25) is 0 Å². The zero-order valence-corrected chi connectivity index (χ0v) is 15.2. The van der Waals surface area contributed by atoms with Crippen molar-refractivity contribution in [1.82, 2.24) is 0 Å². The minimum atomic E-state index is -0.800. The Bertz CT molecular complexity index is 704. The number of hydrogen-bond donors (Lipinski definition) is 1. The van der Waals surface area contributed by atoms with E-state index in [4.69, 9.17) is 9.78 Å². The van der Waals surface area contributed by atoms with E-state index in [2.05, 4.69) is 48.5 Å². The molecule has 0 spiro atoms. The molecule has 25 heavy (non-hydrogen) atoms. The largest absolute Gasteiger partial charge is 0.387 e. The molecule has 1 aliphatic heterocycles. The highest BCUT2D eigenvalue weighted by Gasteiger charge is 2.54. The lowest BCUT2D eigenvalue weighted by atomic mass is 9.68. The molecule has 4 rings (SSSR count). The highest BCUT2D eigenvalue weighted by atomic mass is 32.2. The minimum Gasteiger partial charge on any atom is -0.387 e. The number of rotatable bonds is 4. The third kappa shape index (κ3) is 3.24. The number of fused-ring (bicyclic) bond motifs is 2. The van der Waals surface area contributed by atoms with Crippen LogP contribution >= 0.6 is 11.8 Å². The van der Waals surface area contributed by atoms with Crippen molar-refractivity contribution in [2.45, 2.75) is 48.4 Å². The average molecular weight is 356 g/mol. The highest BCUT2D eigenvalue weighted by molar-refractivity contribution is 7.99. The van der Waals surface area contributed by atoms with Gasteiger partial charge in [0.25, 0.3) is 0 Å². The van der Waals surface area contributed by atoms with Crippen molar-refractivity contribution in [3.8, 4) is 0 Å². The third-order valence-corrected chi connectivity index (χ3v) is 6.80. The second-order valence-electron chi connectivity index (χ2n) is 7.35. The van der Waals surface area contributed by atoms with Gasteiger partial charge in [0.1, 0.15) is 11.7 Å². The number of thioether (sulfide) groups is 1. The van der Waals surface area contributed by atoms with E-state index in [1.807, 2.05) is 19.1 Å². The summed E-state index contributed by atoms with van der Waals surface area (Å²) < 4.78 is 0. The lowest BCUT2D eigenvalue weighted by Gasteiger charge is -2.52. The quantitative estimate of drug-likeness (QED) is 0.644. The first-order valence-corrected chi connectivity index (χ1v) is 9.89. The van der Waals surface area contributed by atoms with Crippen molar-refractivity contribution >= 4 is 11.8 Å². The van der Waals surface area contributed by atoms with Crippen molar-refractivity contribution in [2.75, 3.05) is 5.75 Å². The van der Waals surface area contributed by atoms with Crippen LogP contribution in [-0.4, -0.2) is 22.6 Å². The van der Waals surface area contributed by atoms with Crippen molar-refractivity contribution in [3.63, 3.8) is 0 Å². The van der Waals surface area contributed by atoms with Gasteiger partial charge in [-0.25, -0.2) is 9.78 Å². The molecule has 0 radical (unpaired) electrons. The van der Waals surface area contributed by atoms with Gasteiger partial charge in [-0.2, -0.15) is 0 Å². The molecule has 2 aromatic carbocycles. The molecule has 2 fully saturated rings. The van der Waals surface area contributed by atoms with Gasteiger partial charge < -0.3 is 5.11 Å². The van der Waals surface area contributed by atoms with E-state index in [1.165, 1.54) is 4.90 Å². The standard InChI is InChI=1S/C21H24O3S/c1-20(22)13-12-17-14-19(20)23-24-21(17,16-8-4-2-5-9-16)15-25-18-10-6-3-7-11-18/h2-11,17,19,22H,12-15H2,1H3/t17-,19-,20-,21?/m1/s1. The fourth-order valence-electron chi connectivity index (χ4n) is 3.97. The zero-order valence-electron chi connectivity index (χ0n) is 14.4. The summed E-state index contributed by atoms with van der Waals surface area (Å²) >= 11 is 1.80. The van der Waals surface area contributed by atoms with Crippen LogP contribution in [0.3, 0.4) is 0 Å². The van der Waals surface area contributed by atoms with Gasteiger partial charge in [-0.15, -0.1) is 11.8 Å². The van der Waals surface area contributed by atoms with Crippen LogP contribution in [0, 0.1) is 5.92 Å². The van der Waals surface area contributed by atoms with Crippen LogP contribution in [0.4, 0.5) is 0 Å². The summed E-state index contributed by atoms with van der Waals surface area (Å²) in [6, 6.07) is 20.8. The Kier molecular flexibility index (Phi) is 4.63. The van der Waals surface area contributed by atoms with E-state index in [1.54, 1.807) is 11.8 Å². The van der Waals surface area contributed by atoms with Crippen molar-refractivity contribution in [1.29, 1.82) is 0 Å². The summed E-state index contributed by atoms with van der Waals surface area (Å²) in [5.74, 6) is 1.13. The molecule has 1 heterocycles. The highest BCUT2D eigenvalue weighted by Crippen LogP contribution is 2.51. The van der Waals surface area contributed by atoms with Crippen LogP contribution < -0.4 is 0 Å². The number of hydrogen-bond acceptors (Lipinski definition) is 4. The normalized spacial score (nSPS) is 34.6. The first-order chi connectivity index (χ1) is 12.1. The van der Waals surface area contributed by atoms with Gasteiger partial charge in [0.15, 0.2) is 0 Å². The molecule has 0 aromatic heterocycles. The van der Waals surface area contributed by atoms with E-state index in [0.29, 0.717) is 5.92 Å². The van der Waals surface area contributed by atoms with E-state index in [-0.39, 0.29) is 6.10 Å². The molecule has 1 N–H and O–H groups in total. The number of aliphatic hydroxyl groups is 1. The maximum atomic E-state index is 10.5. The summed E-state index contributed by atoms with van der Waals surface area (Å²) in [5, 5.41) is 10.5. The molecule has 1 saturated heterocycles. The van der Waals surface area contributed by atoms with Crippen LogP contribution in [0.5, 0.6) is 0 Å². The first-order valence-electron chi connectivity index (χ1n) is 8.90. The van der Waals surface area contributed by atoms with Crippen LogP contribution in [0.25, 0.3) is 0 Å². The fourth-order valence-corrected chi connectivity index (χ4v) is 5.15. The zero-order chi connectivity index (χ0) is 17.3.